The van der Waals surface area contributed by atoms with E-state index in [4.69, 9.17) is 18.6 Å². The number of esters is 2. The average Bonchev–Trinajstić information content (AvgIpc) is 2.92. The van der Waals surface area contributed by atoms with Gasteiger partial charge in [-0.1, -0.05) is 0 Å². The van der Waals surface area contributed by atoms with Crippen LogP contribution in [0.15, 0.2) is 16.5 Å². The van der Waals surface area contributed by atoms with Gasteiger partial charge in [0.25, 0.3) is 0 Å². The predicted molar refractivity (Wildman–Crippen MR) is 91.0 cm³/mol. The molecule has 1 aromatic heterocycles. The molecule has 1 atom stereocenters. The number of furan rings is 1. The first-order valence-electron chi connectivity index (χ1n) is 8.50. The lowest BCUT2D eigenvalue weighted by Gasteiger charge is -2.21. The summed E-state index contributed by atoms with van der Waals surface area (Å²) in [5.74, 6) is 1.10. The van der Waals surface area contributed by atoms with Crippen LogP contribution in [0.2, 0.25) is 0 Å². The molecule has 3 rings (SSSR count). The van der Waals surface area contributed by atoms with Crippen molar-refractivity contribution in [1.29, 1.82) is 0 Å². The van der Waals surface area contributed by atoms with Gasteiger partial charge in [0, 0.05) is 30.4 Å². The Morgan fingerprint density at radius 3 is 2.76 bits per heavy atom. The van der Waals surface area contributed by atoms with E-state index in [1.54, 1.807) is 19.1 Å². The van der Waals surface area contributed by atoms with Crippen LogP contribution >= 0.6 is 0 Å². The highest BCUT2D eigenvalue weighted by Gasteiger charge is 2.29. The summed E-state index contributed by atoms with van der Waals surface area (Å²) in [5, 5.41) is 0.862. The highest BCUT2D eigenvalue weighted by molar-refractivity contribution is 5.88. The maximum absolute atomic E-state index is 11.9. The number of methoxy groups -OCH3 is 1. The van der Waals surface area contributed by atoms with E-state index < -0.39 is 5.97 Å². The highest BCUT2D eigenvalue weighted by atomic mass is 16.6. The van der Waals surface area contributed by atoms with Gasteiger partial charge in [-0.05, 0) is 31.7 Å². The van der Waals surface area contributed by atoms with Crippen LogP contribution in [0, 0.1) is 0 Å². The summed E-state index contributed by atoms with van der Waals surface area (Å²) >= 11 is 0. The quantitative estimate of drug-likeness (QED) is 0.606. The lowest BCUT2D eigenvalue weighted by Crippen LogP contribution is -2.14. The zero-order valence-corrected chi connectivity index (χ0v) is 14.7. The molecule has 0 spiro atoms. The fourth-order valence-corrected chi connectivity index (χ4v) is 3.48. The monoisotopic (exact) mass is 346 g/mol. The van der Waals surface area contributed by atoms with Crippen molar-refractivity contribution in [1.82, 2.24) is 0 Å². The SMILES string of the molecule is CCOC(=O)CC1CCCc2oc3cc(OC)c(OC(C)=O)cc3c21. The van der Waals surface area contributed by atoms with E-state index in [2.05, 4.69) is 0 Å². The molecular formula is C19H22O6. The number of carbonyl (C=O) groups excluding carboxylic acids is 2. The van der Waals surface area contributed by atoms with Gasteiger partial charge in [0.2, 0.25) is 0 Å². The molecule has 0 N–H and O–H groups in total. The number of rotatable bonds is 5. The molecule has 1 aromatic carbocycles. The lowest BCUT2D eigenvalue weighted by molar-refractivity contribution is -0.143. The van der Waals surface area contributed by atoms with Crippen LogP contribution in [0.5, 0.6) is 11.5 Å². The van der Waals surface area contributed by atoms with Crippen LogP contribution in [-0.2, 0) is 20.7 Å². The summed E-state index contributed by atoms with van der Waals surface area (Å²) in [7, 11) is 1.51. The summed E-state index contributed by atoms with van der Waals surface area (Å²) in [6, 6.07) is 3.49. The molecule has 1 aliphatic rings. The van der Waals surface area contributed by atoms with E-state index in [0.29, 0.717) is 30.1 Å². The van der Waals surface area contributed by atoms with Crippen molar-refractivity contribution in [3.63, 3.8) is 0 Å². The Kier molecular flexibility index (Phi) is 4.97. The summed E-state index contributed by atoms with van der Waals surface area (Å²) in [5.41, 5.74) is 1.69. The molecule has 0 aliphatic heterocycles. The summed E-state index contributed by atoms with van der Waals surface area (Å²) < 4.78 is 21.7. The van der Waals surface area contributed by atoms with Crippen LogP contribution in [-0.4, -0.2) is 25.7 Å². The standard InChI is InChI=1S/C19H22O6/c1-4-23-18(21)8-12-6-5-7-14-19(12)13-9-17(24-11(2)20)16(22-3)10-15(13)25-14/h9-10,12H,4-8H2,1-3H3. The Morgan fingerprint density at radius 1 is 1.28 bits per heavy atom. The third-order valence-corrected chi connectivity index (χ3v) is 4.43. The number of benzene rings is 1. The van der Waals surface area contributed by atoms with Crippen LogP contribution in [0.4, 0.5) is 0 Å². The molecule has 2 aromatic rings. The maximum atomic E-state index is 11.9. The third-order valence-electron chi connectivity index (χ3n) is 4.43. The van der Waals surface area contributed by atoms with Gasteiger partial charge in [-0.25, -0.2) is 0 Å². The van der Waals surface area contributed by atoms with Crippen molar-refractivity contribution in [2.45, 2.75) is 45.4 Å². The van der Waals surface area contributed by atoms with Crippen molar-refractivity contribution in [2.75, 3.05) is 13.7 Å². The van der Waals surface area contributed by atoms with E-state index in [1.165, 1.54) is 14.0 Å². The van der Waals surface area contributed by atoms with Crippen molar-refractivity contribution < 1.29 is 28.2 Å². The van der Waals surface area contributed by atoms with E-state index in [-0.39, 0.29) is 11.9 Å². The molecular weight excluding hydrogens is 324 g/mol. The topological polar surface area (TPSA) is 75.0 Å². The Morgan fingerprint density at radius 2 is 2.08 bits per heavy atom. The van der Waals surface area contributed by atoms with Crippen molar-refractivity contribution >= 4 is 22.9 Å². The van der Waals surface area contributed by atoms with E-state index in [0.717, 1.165) is 36.0 Å². The number of fused-ring (bicyclic) bond motifs is 3. The van der Waals surface area contributed by atoms with Gasteiger partial charge in [-0.2, -0.15) is 0 Å². The minimum absolute atomic E-state index is 0.0441. The van der Waals surface area contributed by atoms with Crippen molar-refractivity contribution in [3.8, 4) is 11.5 Å². The van der Waals surface area contributed by atoms with Crippen LogP contribution < -0.4 is 9.47 Å². The second-order valence-corrected chi connectivity index (χ2v) is 6.13. The number of hydrogen-bond acceptors (Lipinski definition) is 6. The van der Waals surface area contributed by atoms with Crippen molar-refractivity contribution in [2.24, 2.45) is 0 Å². The largest absolute Gasteiger partial charge is 0.493 e. The van der Waals surface area contributed by atoms with Crippen LogP contribution in [0.3, 0.4) is 0 Å². The summed E-state index contributed by atoms with van der Waals surface area (Å²) in [6.45, 7) is 3.52. The number of carbonyl (C=O) groups is 2. The summed E-state index contributed by atoms with van der Waals surface area (Å²) in [4.78, 5) is 23.3. The fraction of sp³-hybridized carbons (Fsp3) is 0.474. The molecule has 0 fully saturated rings. The van der Waals surface area contributed by atoms with Gasteiger partial charge in [0.05, 0.1) is 20.1 Å². The number of aryl methyl sites for hydroxylation is 1. The van der Waals surface area contributed by atoms with Gasteiger partial charge in [0.1, 0.15) is 11.3 Å². The van der Waals surface area contributed by atoms with Gasteiger partial charge in [0.15, 0.2) is 11.5 Å². The zero-order chi connectivity index (χ0) is 18.0. The molecule has 0 amide bonds. The molecule has 6 nitrogen and oxygen atoms in total. The zero-order valence-electron chi connectivity index (χ0n) is 14.7. The Balaban J connectivity index is 2.05. The molecule has 1 heterocycles. The van der Waals surface area contributed by atoms with E-state index in [9.17, 15) is 9.59 Å². The van der Waals surface area contributed by atoms with Gasteiger partial charge in [-0.15, -0.1) is 0 Å². The molecule has 0 saturated heterocycles. The Bertz CT molecular complexity index is 804. The van der Waals surface area contributed by atoms with E-state index in [1.807, 2.05) is 0 Å². The molecule has 25 heavy (non-hydrogen) atoms. The summed E-state index contributed by atoms with van der Waals surface area (Å²) in [6.07, 6.45) is 3.01. The molecule has 1 unspecified atom stereocenters. The first-order valence-corrected chi connectivity index (χ1v) is 8.50. The molecule has 0 saturated carbocycles. The number of ether oxygens (including phenoxy) is 3. The third kappa shape index (κ3) is 3.48. The average molecular weight is 346 g/mol. The van der Waals surface area contributed by atoms with Gasteiger partial charge in [-0.3, -0.25) is 9.59 Å². The molecule has 1 aliphatic carbocycles. The Hall–Kier alpha value is -2.50. The second kappa shape index (κ2) is 7.17. The number of hydrogen-bond donors (Lipinski definition) is 0. The van der Waals surface area contributed by atoms with Gasteiger partial charge >= 0.3 is 11.9 Å². The van der Waals surface area contributed by atoms with Gasteiger partial charge < -0.3 is 18.6 Å². The minimum Gasteiger partial charge on any atom is -0.493 e. The first-order chi connectivity index (χ1) is 12.0. The second-order valence-electron chi connectivity index (χ2n) is 6.13. The minimum atomic E-state index is -0.418. The maximum Gasteiger partial charge on any atom is 0.308 e. The molecule has 134 valence electrons. The fourth-order valence-electron chi connectivity index (χ4n) is 3.48. The molecule has 6 heteroatoms. The van der Waals surface area contributed by atoms with Crippen LogP contribution in [0.1, 0.15) is 50.4 Å². The first kappa shape index (κ1) is 17.3. The lowest BCUT2D eigenvalue weighted by atomic mass is 9.83. The van der Waals surface area contributed by atoms with E-state index >= 15 is 0 Å². The Labute approximate surface area is 146 Å². The van der Waals surface area contributed by atoms with Crippen LogP contribution in [0.25, 0.3) is 11.0 Å². The normalized spacial score (nSPS) is 16.4. The highest BCUT2D eigenvalue weighted by Crippen LogP contribution is 2.44. The predicted octanol–water partition coefficient (Wildman–Crippen LogP) is 3.74. The molecule has 0 radical (unpaired) electrons. The smallest absolute Gasteiger partial charge is 0.308 e. The van der Waals surface area contributed by atoms with Crippen molar-refractivity contribution in [3.05, 3.63) is 23.5 Å². The molecule has 0 bridgehead atoms.